The molecule has 0 amide bonds. The van der Waals surface area contributed by atoms with Crippen molar-refractivity contribution in [1.29, 1.82) is 5.26 Å². The molecule has 0 unspecified atom stereocenters. The fourth-order valence-corrected chi connectivity index (χ4v) is 3.04. The quantitative estimate of drug-likeness (QED) is 0.799. The van der Waals surface area contributed by atoms with Gasteiger partial charge in [-0.05, 0) is 56.5 Å². The Bertz CT molecular complexity index is 908. The van der Waals surface area contributed by atoms with Crippen molar-refractivity contribution < 1.29 is 9.53 Å². The summed E-state index contributed by atoms with van der Waals surface area (Å²) in [6.07, 6.45) is 4.69. The highest BCUT2D eigenvalue weighted by Gasteiger charge is 2.23. The van der Waals surface area contributed by atoms with Crippen molar-refractivity contribution in [2.24, 2.45) is 0 Å². The van der Waals surface area contributed by atoms with Gasteiger partial charge in [0.1, 0.15) is 5.60 Å². The number of ether oxygens (including phenoxy) is 1. The average Bonchev–Trinajstić information content (AvgIpc) is 3.05. The first-order valence-corrected chi connectivity index (χ1v) is 8.26. The standard InChI is InChI=1S/C20H21N3O2/c1-13-7-14(10-21)5-6-16(13)17-11-22-23-12-15(8-18(17)23)9-19(24)25-20(2,3)4/h5-7,11-12H,8-9H2,1-4H3. The minimum absolute atomic E-state index is 0.222. The molecule has 2 heterocycles. The lowest BCUT2D eigenvalue weighted by Gasteiger charge is -2.19. The van der Waals surface area contributed by atoms with E-state index in [1.165, 1.54) is 0 Å². The zero-order valence-electron chi connectivity index (χ0n) is 15.0. The van der Waals surface area contributed by atoms with Crippen molar-refractivity contribution in [3.8, 4) is 17.2 Å². The summed E-state index contributed by atoms with van der Waals surface area (Å²) in [5.41, 5.74) is 5.36. The predicted molar refractivity (Wildman–Crippen MR) is 95.6 cm³/mol. The summed E-state index contributed by atoms with van der Waals surface area (Å²) in [5.74, 6) is -0.222. The van der Waals surface area contributed by atoms with Crippen LogP contribution in [-0.2, 0) is 16.0 Å². The number of rotatable bonds is 3. The van der Waals surface area contributed by atoms with E-state index in [-0.39, 0.29) is 12.4 Å². The van der Waals surface area contributed by atoms with Crippen LogP contribution in [0.5, 0.6) is 0 Å². The molecule has 1 aliphatic heterocycles. The van der Waals surface area contributed by atoms with Crippen LogP contribution in [0, 0.1) is 18.3 Å². The van der Waals surface area contributed by atoms with Crippen molar-refractivity contribution in [2.45, 2.75) is 46.1 Å². The lowest BCUT2D eigenvalue weighted by Crippen LogP contribution is -2.24. The lowest BCUT2D eigenvalue weighted by molar-refractivity contribution is -0.153. The Morgan fingerprint density at radius 3 is 2.76 bits per heavy atom. The first kappa shape index (κ1) is 17.0. The highest BCUT2D eigenvalue weighted by molar-refractivity contribution is 5.77. The van der Waals surface area contributed by atoms with Gasteiger partial charge in [0.25, 0.3) is 0 Å². The molecule has 0 atom stereocenters. The van der Waals surface area contributed by atoms with Gasteiger partial charge in [0.05, 0.1) is 29.9 Å². The van der Waals surface area contributed by atoms with E-state index in [9.17, 15) is 4.79 Å². The van der Waals surface area contributed by atoms with Crippen molar-refractivity contribution in [2.75, 3.05) is 0 Å². The Labute approximate surface area is 147 Å². The number of hydrogen-bond donors (Lipinski definition) is 0. The molecule has 0 saturated heterocycles. The molecule has 0 N–H and O–H groups in total. The monoisotopic (exact) mass is 335 g/mol. The van der Waals surface area contributed by atoms with Crippen LogP contribution in [-0.4, -0.2) is 21.4 Å². The van der Waals surface area contributed by atoms with Gasteiger partial charge in [-0.3, -0.25) is 4.79 Å². The Morgan fingerprint density at radius 2 is 2.12 bits per heavy atom. The molecule has 5 heteroatoms. The minimum Gasteiger partial charge on any atom is -0.460 e. The molecule has 0 bridgehead atoms. The highest BCUT2D eigenvalue weighted by Crippen LogP contribution is 2.33. The Morgan fingerprint density at radius 1 is 1.36 bits per heavy atom. The largest absolute Gasteiger partial charge is 0.460 e. The summed E-state index contributed by atoms with van der Waals surface area (Å²) in [6.45, 7) is 7.59. The van der Waals surface area contributed by atoms with Gasteiger partial charge in [0.15, 0.2) is 0 Å². The molecule has 1 aromatic heterocycles. The zero-order chi connectivity index (χ0) is 18.2. The second-order valence-corrected chi connectivity index (χ2v) is 7.32. The van der Waals surface area contributed by atoms with Crippen LogP contribution in [0.15, 0.2) is 30.0 Å². The summed E-state index contributed by atoms with van der Waals surface area (Å²) in [7, 11) is 0. The number of carbonyl (C=O) groups is 1. The Kier molecular flexibility index (Phi) is 4.22. The van der Waals surface area contributed by atoms with Gasteiger partial charge in [0.2, 0.25) is 0 Å². The van der Waals surface area contributed by atoms with Crippen LogP contribution in [0.25, 0.3) is 17.3 Å². The summed E-state index contributed by atoms with van der Waals surface area (Å²) in [4.78, 5) is 12.0. The van der Waals surface area contributed by atoms with Crippen LogP contribution in [0.4, 0.5) is 0 Å². The Balaban J connectivity index is 1.79. The van der Waals surface area contributed by atoms with Crippen molar-refractivity contribution in [1.82, 2.24) is 9.78 Å². The van der Waals surface area contributed by atoms with E-state index in [0.717, 1.165) is 28.0 Å². The molecule has 1 aliphatic rings. The number of aromatic nitrogens is 2. The summed E-state index contributed by atoms with van der Waals surface area (Å²) in [5, 5.41) is 13.4. The van der Waals surface area contributed by atoms with E-state index in [1.807, 2.05) is 63.0 Å². The van der Waals surface area contributed by atoms with Crippen LogP contribution in [0.2, 0.25) is 0 Å². The number of benzene rings is 1. The molecule has 3 rings (SSSR count). The molecular formula is C20H21N3O2. The Hall–Kier alpha value is -2.87. The molecular weight excluding hydrogens is 314 g/mol. The summed E-state index contributed by atoms with van der Waals surface area (Å²) >= 11 is 0. The van der Waals surface area contributed by atoms with E-state index in [2.05, 4.69) is 11.2 Å². The number of nitriles is 1. The first-order valence-electron chi connectivity index (χ1n) is 8.26. The van der Waals surface area contributed by atoms with E-state index in [4.69, 9.17) is 10.00 Å². The van der Waals surface area contributed by atoms with Gasteiger partial charge in [0, 0.05) is 18.2 Å². The second-order valence-electron chi connectivity index (χ2n) is 7.32. The van der Waals surface area contributed by atoms with E-state index >= 15 is 0 Å². The van der Waals surface area contributed by atoms with Crippen molar-refractivity contribution in [3.63, 3.8) is 0 Å². The average molecular weight is 335 g/mol. The maximum atomic E-state index is 12.0. The maximum Gasteiger partial charge on any atom is 0.310 e. The smallest absolute Gasteiger partial charge is 0.310 e. The third-order valence-electron chi connectivity index (χ3n) is 4.04. The normalized spacial score (nSPS) is 13.2. The summed E-state index contributed by atoms with van der Waals surface area (Å²) < 4.78 is 7.22. The predicted octanol–water partition coefficient (Wildman–Crippen LogP) is 3.86. The van der Waals surface area contributed by atoms with Crippen LogP contribution < -0.4 is 0 Å². The maximum absolute atomic E-state index is 12.0. The van der Waals surface area contributed by atoms with Gasteiger partial charge >= 0.3 is 5.97 Å². The molecule has 2 aromatic rings. The van der Waals surface area contributed by atoms with E-state index in [0.29, 0.717) is 12.0 Å². The fraction of sp³-hybridized carbons (Fsp3) is 0.350. The van der Waals surface area contributed by atoms with Gasteiger partial charge in [-0.15, -0.1) is 0 Å². The van der Waals surface area contributed by atoms with Crippen LogP contribution in [0.3, 0.4) is 0 Å². The number of carbonyl (C=O) groups excluding carboxylic acids is 1. The molecule has 0 radical (unpaired) electrons. The van der Waals surface area contributed by atoms with Gasteiger partial charge in [-0.25, -0.2) is 4.68 Å². The minimum atomic E-state index is -0.478. The number of nitrogens with zero attached hydrogens (tertiary/aromatic N) is 3. The van der Waals surface area contributed by atoms with Crippen molar-refractivity contribution >= 4 is 12.2 Å². The fourth-order valence-electron chi connectivity index (χ4n) is 3.04. The SMILES string of the molecule is Cc1cc(C#N)ccc1-c1cnn2c1CC(CC(=O)OC(C)(C)C)=C2. The molecule has 0 spiro atoms. The molecule has 5 nitrogen and oxygen atoms in total. The number of fused-ring (bicyclic) bond motifs is 1. The highest BCUT2D eigenvalue weighted by atomic mass is 16.6. The molecule has 0 fully saturated rings. The number of aryl methyl sites for hydroxylation is 1. The lowest BCUT2D eigenvalue weighted by atomic mass is 9.97. The first-order chi connectivity index (χ1) is 11.8. The molecule has 0 aliphatic carbocycles. The van der Waals surface area contributed by atoms with E-state index in [1.54, 1.807) is 0 Å². The van der Waals surface area contributed by atoms with Gasteiger partial charge < -0.3 is 4.74 Å². The van der Waals surface area contributed by atoms with Gasteiger partial charge in [-0.2, -0.15) is 10.4 Å². The second kappa shape index (κ2) is 6.21. The summed E-state index contributed by atoms with van der Waals surface area (Å²) in [6, 6.07) is 7.81. The van der Waals surface area contributed by atoms with Crippen LogP contribution in [0.1, 0.15) is 44.0 Å². The molecule has 0 saturated carbocycles. The van der Waals surface area contributed by atoms with Crippen molar-refractivity contribution in [3.05, 3.63) is 46.8 Å². The van der Waals surface area contributed by atoms with E-state index < -0.39 is 5.60 Å². The number of hydrogen-bond acceptors (Lipinski definition) is 4. The number of esters is 1. The van der Waals surface area contributed by atoms with Crippen LogP contribution >= 0.6 is 0 Å². The zero-order valence-corrected chi connectivity index (χ0v) is 15.0. The van der Waals surface area contributed by atoms with Gasteiger partial charge in [-0.1, -0.05) is 6.07 Å². The molecule has 1 aromatic carbocycles. The third-order valence-corrected chi connectivity index (χ3v) is 4.04. The molecule has 25 heavy (non-hydrogen) atoms. The molecule has 128 valence electrons. The third kappa shape index (κ3) is 3.63. The topological polar surface area (TPSA) is 67.9 Å².